The molecule has 0 heterocycles. The van der Waals surface area contributed by atoms with Crippen LogP contribution in [0.1, 0.15) is 19.4 Å². The Hall–Kier alpha value is -2.29. The summed E-state index contributed by atoms with van der Waals surface area (Å²) >= 11 is 0. The highest BCUT2D eigenvalue weighted by molar-refractivity contribution is 5.91. The molecule has 0 fully saturated rings. The van der Waals surface area contributed by atoms with E-state index < -0.39 is 0 Å². The van der Waals surface area contributed by atoms with Gasteiger partial charge in [-0.3, -0.25) is 4.90 Å². The molecule has 0 spiro atoms. The number of carbonyl (C=O) groups excluding carboxylic acids is 1. The number of para-hydroxylation sites is 1. The van der Waals surface area contributed by atoms with E-state index in [9.17, 15) is 4.79 Å². The van der Waals surface area contributed by atoms with Crippen molar-refractivity contribution in [2.24, 2.45) is 0 Å². The van der Waals surface area contributed by atoms with Crippen molar-refractivity contribution in [2.45, 2.75) is 26.4 Å². The van der Waals surface area contributed by atoms with Crippen molar-refractivity contribution >= 4 is 11.7 Å². The van der Waals surface area contributed by atoms with Crippen LogP contribution in [0.5, 0.6) is 0 Å². The van der Waals surface area contributed by atoms with Crippen molar-refractivity contribution in [2.75, 3.05) is 11.9 Å². The molecule has 0 saturated carbocycles. The highest BCUT2D eigenvalue weighted by Gasteiger charge is 2.21. The van der Waals surface area contributed by atoms with E-state index in [4.69, 9.17) is 0 Å². The van der Waals surface area contributed by atoms with Gasteiger partial charge in [-0.2, -0.15) is 0 Å². The Morgan fingerprint density at radius 3 is 2.00 bits per heavy atom. The second kappa shape index (κ2) is 6.93. The Morgan fingerprint density at radius 2 is 1.48 bits per heavy atom. The first-order valence-electron chi connectivity index (χ1n) is 7.23. The second-order valence-electron chi connectivity index (χ2n) is 5.38. The zero-order valence-corrected chi connectivity index (χ0v) is 12.9. The smallest absolute Gasteiger partial charge is 0.318 e. The lowest BCUT2D eigenvalue weighted by Gasteiger charge is -2.31. The Balaban J connectivity index is 2.16. The molecule has 110 valence electrons. The number of amides is 2. The molecule has 0 aliphatic rings. The molecular formula is C18H22N2O. The van der Waals surface area contributed by atoms with E-state index in [0.29, 0.717) is 6.54 Å². The third kappa shape index (κ3) is 3.85. The van der Waals surface area contributed by atoms with Crippen LogP contribution in [0.25, 0.3) is 0 Å². The van der Waals surface area contributed by atoms with Crippen LogP contribution in [-0.4, -0.2) is 24.0 Å². The topological polar surface area (TPSA) is 23.6 Å². The molecule has 0 saturated heterocycles. The summed E-state index contributed by atoms with van der Waals surface area (Å²) in [6, 6.07) is 20.0. The van der Waals surface area contributed by atoms with Crippen LogP contribution in [0, 0.1) is 0 Å². The van der Waals surface area contributed by atoms with Gasteiger partial charge in [-0.15, -0.1) is 0 Å². The Bertz CT molecular complexity index is 566. The fraction of sp³-hybridized carbons (Fsp3) is 0.278. The lowest BCUT2D eigenvalue weighted by atomic mass is 10.2. The third-order valence-electron chi connectivity index (χ3n) is 3.50. The number of benzene rings is 2. The van der Waals surface area contributed by atoms with Crippen LogP contribution in [0.3, 0.4) is 0 Å². The van der Waals surface area contributed by atoms with E-state index in [2.05, 4.69) is 0 Å². The van der Waals surface area contributed by atoms with Crippen molar-refractivity contribution in [3.8, 4) is 0 Å². The highest BCUT2D eigenvalue weighted by Crippen LogP contribution is 2.16. The first kappa shape index (κ1) is 15.1. The molecule has 2 amide bonds. The van der Waals surface area contributed by atoms with Gasteiger partial charge in [0.05, 0.1) is 0 Å². The van der Waals surface area contributed by atoms with Crippen molar-refractivity contribution in [1.29, 1.82) is 0 Å². The fourth-order valence-corrected chi connectivity index (χ4v) is 2.21. The average Bonchev–Trinajstić information content (AvgIpc) is 2.53. The summed E-state index contributed by atoms with van der Waals surface area (Å²) in [5.74, 6) is 0. The molecule has 0 atom stereocenters. The van der Waals surface area contributed by atoms with Gasteiger partial charge < -0.3 is 4.90 Å². The summed E-state index contributed by atoms with van der Waals surface area (Å²) in [5, 5.41) is 0. The van der Waals surface area contributed by atoms with Gasteiger partial charge in [0.1, 0.15) is 0 Å². The van der Waals surface area contributed by atoms with E-state index in [-0.39, 0.29) is 12.1 Å². The van der Waals surface area contributed by atoms with E-state index >= 15 is 0 Å². The van der Waals surface area contributed by atoms with Crippen molar-refractivity contribution < 1.29 is 4.79 Å². The lowest BCUT2D eigenvalue weighted by Crippen LogP contribution is -2.44. The molecule has 2 aromatic carbocycles. The first-order chi connectivity index (χ1) is 10.1. The van der Waals surface area contributed by atoms with Crippen LogP contribution in [0.4, 0.5) is 10.5 Å². The summed E-state index contributed by atoms with van der Waals surface area (Å²) in [6.07, 6.45) is 0. The predicted octanol–water partition coefficient (Wildman–Crippen LogP) is 4.15. The van der Waals surface area contributed by atoms with E-state index in [1.54, 1.807) is 4.90 Å². The summed E-state index contributed by atoms with van der Waals surface area (Å²) in [5.41, 5.74) is 2.04. The highest BCUT2D eigenvalue weighted by atomic mass is 16.2. The van der Waals surface area contributed by atoms with Gasteiger partial charge in [0.15, 0.2) is 0 Å². The SMILES string of the molecule is CC(C)N(Cc1ccccc1)C(=O)N(C)c1ccccc1. The van der Waals surface area contributed by atoms with Gasteiger partial charge in [0.2, 0.25) is 0 Å². The molecule has 2 aromatic rings. The summed E-state index contributed by atoms with van der Waals surface area (Å²) in [6.45, 7) is 4.70. The summed E-state index contributed by atoms with van der Waals surface area (Å²) in [7, 11) is 1.82. The molecule has 0 unspecified atom stereocenters. The Labute approximate surface area is 126 Å². The molecule has 0 radical (unpaired) electrons. The minimum Gasteiger partial charge on any atom is -0.318 e. The fourth-order valence-electron chi connectivity index (χ4n) is 2.21. The Kier molecular flexibility index (Phi) is 4.99. The van der Waals surface area contributed by atoms with Crippen LogP contribution in [0.15, 0.2) is 60.7 Å². The zero-order chi connectivity index (χ0) is 15.2. The molecule has 0 aliphatic carbocycles. The first-order valence-corrected chi connectivity index (χ1v) is 7.23. The van der Waals surface area contributed by atoms with Gasteiger partial charge in [0.25, 0.3) is 0 Å². The van der Waals surface area contributed by atoms with Crippen LogP contribution < -0.4 is 4.90 Å². The van der Waals surface area contributed by atoms with Crippen molar-refractivity contribution in [3.05, 3.63) is 66.2 Å². The Morgan fingerprint density at radius 1 is 0.952 bits per heavy atom. The molecule has 2 rings (SSSR count). The largest absolute Gasteiger partial charge is 0.324 e. The normalized spacial score (nSPS) is 10.5. The third-order valence-corrected chi connectivity index (χ3v) is 3.50. The maximum absolute atomic E-state index is 12.7. The predicted molar refractivity (Wildman–Crippen MR) is 87.4 cm³/mol. The van der Waals surface area contributed by atoms with Gasteiger partial charge in [0, 0.05) is 25.3 Å². The number of nitrogens with zero attached hydrogens (tertiary/aromatic N) is 2. The molecule has 0 bridgehead atoms. The number of urea groups is 1. The molecule has 3 nitrogen and oxygen atoms in total. The average molecular weight is 282 g/mol. The van der Waals surface area contributed by atoms with E-state index in [1.165, 1.54) is 0 Å². The quantitative estimate of drug-likeness (QED) is 0.826. The standard InChI is InChI=1S/C18H22N2O/c1-15(2)20(14-16-10-6-4-7-11-16)18(21)19(3)17-12-8-5-9-13-17/h4-13,15H,14H2,1-3H3. The number of rotatable bonds is 4. The van der Waals surface area contributed by atoms with Crippen molar-refractivity contribution in [1.82, 2.24) is 4.90 Å². The zero-order valence-electron chi connectivity index (χ0n) is 12.9. The van der Waals surface area contributed by atoms with Gasteiger partial charge in [-0.1, -0.05) is 48.5 Å². The molecule has 0 N–H and O–H groups in total. The summed E-state index contributed by atoms with van der Waals surface area (Å²) < 4.78 is 0. The molecule has 21 heavy (non-hydrogen) atoms. The monoisotopic (exact) mass is 282 g/mol. The van der Waals surface area contributed by atoms with E-state index in [0.717, 1.165) is 11.3 Å². The maximum Gasteiger partial charge on any atom is 0.324 e. The van der Waals surface area contributed by atoms with Crippen molar-refractivity contribution in [3.63, 3.8) is 0 Å². The van der Waals surface area contributed by atoms with E-state index in [1.807, 2.05) is 86.5 Å². The molecular weight excluding hydrogens is 260 g/mol. The van der Waals surface area contributed by atoms with Gasteiger partial charge >= 0.3 is 6.03 Å². The minimum absolute atomic E-state index is 0.0139. The maximum atomic E-state index is 12.7. The lowest BCUT2D eigenvalue weighted by molar-refractivity contribution is 0.188. The molecule has 3 heteroatoms. The van der Waals surface area contributed by atoms with Gasteiger partial charge in [-0.05, 0) is 31.5 Å². The number of hydrogen-bond donors (Lipinski definition) is 0. The second-order valence-corrected chi connectivity index (χ2v) is 5.38. The molecule has 0 aromatic heterocycles. The summed E-state index contributed by atoms with van der Waals surface area (Å²) in [4.78, 5) is 16.3. The molecule has 0 aliphatic heterocycles. The minimum atomic E-state index is 0.0139. The van der Waals surface area contributed by atoms with Crippen LogP contribution >= 0.6 is 0 Å². The van der Waals surface area contributed by atoms with Gasteiger partial charge in [-0.25, -0.2) is 4.79 Å². The van der Waals surface area contributed by atoms with Crippen LogP contribution in [-0.2, 0) is 6.54 Å². The number of anilines is 1. The number of hydrogen-bond acceptors (Lipinski definition) is 1. The number of carbonyl (C=O) groups is 1. The van der Waals surface area contributed by atoms with Crippen LogP contribution in [0.2, 0.25) is 0 Å².